The molecule has 2 aromatic rings. The largest absolute Gasteiger partial charge is 0.323 e. The molecule has 0 saturated heterocycles. The van der Waals surface area contributed by atoms with Gasteiger partial charge >= 0.3 is 0 Å². The number of hydrogen-bond donors (Lipinski definition) is 1. The van der Waals surface area contributed by atoms with E-state index in [2.05, 4.69) is 43.3 Å². The average Bonchev–Trinajstić information content (AvgIpc) is 2.78. The van der Waals surface area contributed by atoms with E-state index in [4.69, 9.17) is 5.73 Å². The summed E-state index contributed by atoms with van der Waals surface area (Å²) in [5, 5.41) is 0. The zero-order chi connectivity index (χ0) is 10.7. The molecule has 0 radical (unpaired) electrons. The number of nitrogens with two attached hydrogens (primary N) is 1. The van der Waals surface area contributed by atoms with Crippen LogP contribution in [0.15, 0.2) is 42.5 Å². The lowest BCUT2D eigenvalue weighted by Gasteiger charge is -2.03. The van der Waals surface area contributed by atoms with Crippen molar-refractivity contribution in [2.75, 3.05) is 0 Å². The van der Waals surface area contributed by atoms with Gasteiger partial charge in [0.15, 0.2) is 0 Å². The number of hydrogen-bond acceptors (Lipinski definition) is 2. The first-order valence-corrected chi connectivity index (χ1v) is 6.03. The summed E-state index contributed by atoms with van der Waals surface area (Å²) in [5.74, 6) is 0. The summed E-state index contributed by atoms with van der Waals surface area (Å²) in [4.78, 5) is 2.57. The Kier molecular flexibility index (Phi) is 3.19. The maximum absolute atomic E-state index is 6.00. The Labute approximate surface area is 94.6 Å². The molecule has 1 unspecified atom stereocenters. The zero-order valence-corrected chi connectivity index (χ0v) is 9.63. The number of benzene rings is 1. The second-order valence-corrected chi connectivity index (χ2v) is 4.70. The first-order chi connectivity index (χ1) is 7.31. The highest BCUT2D eigenvalue weighted by Crippen LogP contribution is 2.31. The Hall–Kier alpha value is -1.12. The van der Waals surface area contributed by atoms with Crippen LogP contribution in [-0.2, 0) is 0 Å². The first-order valence-electron chi connectivity index (χ1n) is 5.22. The minimum Gasteiger partial charge on any atom is -0.323 e. The first kappa shape index (κ1) is 10.4. The Balaban J connectivity index is 2.28. The summed E-state index contributed by atoms with van der Waals surface area (Å²) in [6, 6.07) is 14.9. The average molecular weight is 217 g/mol. The third-order valence-electron chi connectivity index (χ3n) is 2.49. The second-order valence-electron chi connectivity index (χ2n) is 3.58. The molecule has 0 saturated carbocycles. The Morgan fingerprint density at radius 3 is 2.53 bits per heavy atom. The summed E-state index contributed by atoms with van der Waals surface area (Å²) in [6.07, 6.45) is 0.995. The molecule has 15 heavy (non-hydrogen) atoms. The molecule has 1 aromatic carbocycles. The van der Waals surface area contributed by atoms with Crippen molar-refractivity contribution in [3.05, 3.63) is 47.3 Å². The third kappa shape index (κ3) is 2.28. The molecule has 0 aliphatic heterocycles. The van der Waals surface area contributed by atoms with Gasteiger partial charge in [0.25, 0.3) is 0 Å². The van der Waals surface area contributed by atoms with Gasteiger partial charge in [-0.05, 0) is 24.1 Å². The molecule has 0 spiro atoms. The summed E-state index contributed by atoms with van der Waals surface area (Å²) >= 11 is 1.79. The molecule has 1 atom stereocenters. The zero-order valence-electron chi connectivity index (χ0n) is 8.81. The van der Waals surface area contributed by atoms with Gasteiger partial charge in [0.2, 0.25) is 0 Å². The molecule has 0 aliphatic carbocycles. The Morgan fingerprint density at radius 1 is 1.13 bits per heavy atom. The minimum atomic E-state index is 0.187. The van der Waals surface area contributed by atoms with Crippen molar-refractivity contribution < 1.29 is 0 Å². The summed E-state index contributed by atoms with van der Waals surface area (Å²) in [6.45, 7) is 2.12. The summed E-state index contributed by atoms with van der Waals surface area (Å²) in [7, 11) is 0. The maximum atomic E-state index is 6.00. The maximum Gasteiger partial charge on any atom is 0.0387 e. The summed E-state index contributed by atoms with van der Waals surface area (Å²) < 4.78 is 0. The predicted molar refractivity (Wildman–Crippen MR) is 67.0 cm³/mol. The third-order valence-corrected chi connectivity index (χ3v) is 3.76. The Bertz CT molecular complexity index is 419. The van der Waals surface area contributed by atoms with Gasteiger partial charge in [-0.3, -0.25) is 0 Å². The molecular weight excluding hydrogens is 202 g/mol. The quantitative estimate of drug-likeness (QED) is 0.831. The normalized spacial score (nSPS) is 12.7. The van der Waals surface area contributed by atoms with Crippen molar-refractivity contribution in [3.63, 3.8) is 0 Å². The SMILES string of the molecule is CCC(N)c1ccc(-c2ccccc2)s1. The molecule has 2 heteroatoms. The molecule has 1 heterocycles. The van der Waals surface area contributed by atoms with E-state index in [1.54, 1.807) is 11.3 Å². The molecule has 1 nitrogen and oxygen atoms in total. The van der Waals surface area contributed by atoms with Crippen LogP contribution in [0.1, 0.15) is 24.3 Å². The van der Waals surface area contributed by atoms with Gasteiger partial charge in [0.05, 0.1) is 0 Å². The molecular formula is C13H15NS. The van der Waals surface area contributed by atoms with E-state index in [1.807, 2.05) is 6.07 Å². The van der Waals surface area contributed by atoms with E-state index >= 15 is 0 Å². The van der Waals surface area contributed by atoms with Crippen molar-refractivity contribution in [2.24, 2.45) is 5.73 Å². The van der Waals surface area contributed by atoms with Gasteiger partial charge in [-0.1, -0.05) is 37.3 Å². The van der Waals surface area contributed by atoms with Gasteiger partial charge in [-0.25, -0.2) is 0 Å². The van der Waals surface area contributed by atoms with Crippen LogP contribution < -0.4 is 5.73 Å². The van der Waals surface area contributed by atoms with Gasteiger partial charge in [0, 0.05) is 15.8 Å². The van der Waals surface area contributed by atoms with Crippen LogP contribution in [0.4, 0.5) is 0 Å². The lowest BCUT2D eigenvalue weighted by atomic mass is 10.2. The number of thiophene rings is 1. The fourth-order valence-corrected chi connectivity index (χ4v) is 2.61. The fraction of sp³-hybridized carbons (Fsp3) is 0.231. The Morgan fingerprint density at radius 2 is 1.87 bits per heavy atom. The molecule has 2 N–H and O–H groups in total. The molecule has 1 aromatic heterocycles. The van der Waals surface area contributed by atoms with Gasteiger partial charge in [-0.2, -0.15) is 0 Å². The molecule has 78 valence electrons. The van der Waals surface area contributed by atoms with Gasteiger partial charge < -0.3 is 5.73 Å². The summed E-state index contributed by atoms with van der Waals surface area (Å²) in [5.41, 5.74) is 7.27. The smallest absolute Gasteiger partial charge is 0.0387 e. The molecule has 0 amide bonds. The monoisotopic (exact) mass is 217 g/mol. The standard InChI is InChI=1S/C13H15NS/c1-2-11(14)13-9-8-12(15-13)10-6-4-3-5-7-10/h3-9,11H,2,14H2,1H3. The van der Waals surface area contributed by atoms with Crippen LogP contribution in [0.2, 0.25) is 0 Å². The highest BCUT2D eigenvalue weighted by atomic mass is 32.1. The minimum absolute atomic E-state index is 0.187. The fourth-order valence-electron chi connectivity index (χ4n) is 1.51. The van der Waals surface area contributed by atoms with Crippen LogP contribution in [0.25, 0.3) is 10.4 Å². The van der Waals surface area contributed by atoms with E-state index in [0.717, 1.165) is 6.42 Å². The lowest BCUT2D eigenvalue weighted by molar-refractivity contribution is 0.712. The van der Waals surface area contributed by atoms with Crippen LogP contribution in [0.3, 0.4) is 0 Å². The number of rotatable bonds is 3. The van der Waals surface area contributed by atoms with Crippen molar-refractivity contribution in [3.8, 4) is 10.4 Å². The molecule has 2 rings (SSSR count). The van der Waals surface area contributed by atoms with Crippen LogP contribution in [0.5, 0.6) is 0 Å². The van der Waals surface area contributed by atoms with Crippen molar-refractivity contribution >= 4 is 11.3 Å². The van der Waals surface area contributed by atoms with E-state index in [9.17, 15) is 0 Å². The molecule has 0 aliphatic rings. The van der Waals surface area contributed by atoms with Crippen LogP contribution >= 0.6 is 11.3 Å². The van der Waals surface area contributed by atoms with Crippen molar-refractivity contribution in [1.82, 2.24) is 0 Å². The van der Waals surface area contributed by atoms with Gasteiger partial charge in [0.1, 0.15) is 0 Å². The molecule has 0 bridgehead atoms. The molecule has 0 fully saturated rings. The highest BCUT2D eigenvalue weighted by molar-refractivity contribution is 7.15. The van der Waals surface area contributed by atoms with Crippen LogP contribution in [-0.4, -0.2) is 0 Å². The van der Waals surface area contributed by atoms with E-state index in [0.29, 0.717) is 0 Å². The van der Waals surface area contributed by atoms with E-state index < -0.39 is 0 Å². The second kappa shape index (κ2) is 4.60. The predicted octanol–water partition coefficient (Wildman–Crippen LogP) is 3.82. The van der Waals surface area contributed by atoms with Gasteiger partial charge in [-0.15, -0.1) is 11.3 Å². The van der Waals surface area contributed by atoms with Crippen LogP contribution in [0, 0.1) is 0 Å². The highest BCUT2D eigenvalue weighted by Gasteiger charge is 2.07. The van der Waals surface area contributed by atoms with Crippen molar-refractivity contribution in [2.45, 2.75) is 19.4 Å². The lowest BCUT2D eigenvalue weighted by Crippen LogP contribution is -2.05. The van der Waals surface area contributed by atoms with E-state index in [1.165, 1.54) is 15.3 Å². The van der Waals surface area contributed by atoms with Crippen molar-refractivity contribution in [1.29, 1.82) is 0 Å². The topological polar surface area (TPSA) is 26.0 Å². The van der Waals surface area contributed by atoms with E-state index in [-0.39, 0.29) is 6.04 Å².